The molecule has 3 N–H and O–H groups in total. The number of rotatable bonds is 10. The lowest BCUT2D eigenvalue weighted by atomic mass is 10.0. The molecule has 0 aromatic carbocycles. The maximum absolute atomic E-state index is 12.1. The number of ether oxygens (including phenoxy) is 1. The van der Waals surface area contributed by atoms with Gasteiger partial charge in [-0.2, -0.15) is 0 Å². The predicted molar refractivity (Wildman–Crippen MR) is 79.4 cm³/mol. The zero-order chi connectivity index (χ0) is 16.4. The molecule has 7 nitrogen and oxygen atoms in total. The standard InChI is InChI=1S/C13H24ClN3O4/c1-8(2)10(17-14)12(19)16-11(9(3)4)13(20)21-6-5-15-7-18/h7-11,17H,5-6H2,1-4H3,(H,15,18)(H,16,19)/t10-,11-/m0/s1. The Kier molecular flexibility index (Phi) is 9.73. The Morgan fingerprint density at radius 1 is 1.14 bits per heavy atom. The highest BCUT2D eigenvalue weighted by Crippen LogP contribution is 2.08. The maximum atomic E-state index is 12.1. The van der Waals surface area contributed by atoms with Crippen LogP contribution in [0.4, 0.5) is 0 Å². The van der Waals surface area contributed by atoms with Crippen molar-refractivity contribution in [2.75, 3.05) is 13.2 Å². The molecule has 0 radical (unpaired) electrons. The minimum absolute atomic E-state index is 0.0249. The molecular weight excluding hydrogens is 298 g/mol. The highest BCUT2D eigenvalue weighted by molar-refractivity contribution is 6.15. The highest BCUT2D eigenvalue weighted by Gasteiger charge is 2.29. The average Bonchev–Trinajstić information content (AvgIpc) is 2.40. The van der Waals surface area contributed by atoms with Crippen LogP contribution in [0.25, 0.3) is 0 Å². The SMILES string of the molecule is CC(C)[C@H](NCl)C(=O)N[C@H](C(=O)OCCNC=O)C(C)C. The van der Waals surface area contributed by atoms with Crippen molar-refractivity contribution in [2.45, 2.75) is 39.8 Å². The van der Waals surface area contributed by atoms with Crippen LogP contribution in [0.15, 0.2) is 0 Å². The van der Waals surface area contributed by atoms with Crippen LogP contribution >= 0.6 is 11.8 Å². The van der Waals surface area contributed by atoms with Gasteiger partial charge in [0.05, 0.1) is 6.54 Å². The van der Waals surface area contributed by atoms with E-state index in [1.54, 1.807) is 13.8 Å². The lowest BCUT2D eigenvalue weighted by Crippen LogP contribution is -2.52. The number of halogens is 1. The summed E-state index contributed by atoms with van der Waals surface area (Å²) in [5.41, 5.74) is 0. The third-order valence-electron chi connectivity index (χ3n) is 2.86. The first-order valence-electron chi connectivity index (χ1n) is 6.85. The Labute approximate surface area is 130 Å². The van der Waals surface area contributed by atoms with Crippen molar-refractivity contribution in [3.8, 4) is 0 Å². The minimum atomic E-state index is -0.764. The molecule has 8 heteroatoms. The second kappa shape index (κ2) is 10.4. The molecule has 0 aliphatic rings. The van der Waals surface area contributed by atoms with Gasteiger partial charge in [-0.25, -0.2) is 9.63 Å². The topological polar surface area (TPSA) is 96.5 Å². The average molecular weight is 322 g/mol. The Bertz CT molecular complexity index is 350. The fourth-order valence-electron chi connectivity index (χ4n) is 1.58. The molecular formula is C13H24ClN3O4. The number of carbonyl (C=O) groups excluding carboxylic acids is 3. The monoisotopic (exact) mass is 321 g/mol. The summed E-state index contributed by atoms with van der Waals surface area (Å²) in [7, 11) is 0. The van der Waals surface area contributed by atoms with Crippen LogP contribution in [0.1, 0.15) is 27.7 Å². The van der Waals surface area contributed by atoms with Gasteiger partial charge >= 0.3 is 5.97 Å². The van der Waals surface area contributed by atoms with Gasteiger partial charge in [-0.05, 0) is 23.6 Å². The van der Waals surface area contributed by atoms with Crippen LogP contribution in [-0.2, 0) is 19.1 Å². The van der Waals surface area contributed by atoms with E-state index >= 15 is 0 Å². The van der Waals surface area contributed by atoms with Gasteiger partial charge in [0.1, 0.15) is 18.7 Å². The van der Waals surface area contributed by atoms with E-state index in [1.807, 2.05) is 13.8 Å². The van der Waals surface area contributed by atoms with Gasteiger partial charge in [0.2, 0.25) is 12.3 Å². The van der Waals surface area contributed by atoms with E-state index in [-0.39, 0.29) is 30.9 Å². The molecule has 0 spiro atoms. The Balaban J connectivity index is 4.57. The molecule has 0 heterocycles. The molecule has 0 saturated carbocycles. The molecule has 122 valence electrons. The number of nitrogens with one attached hydrogen (secondary N) is 3. The second-order valence-electron chi connectivity index (χ2n) is 5.30. The second-order valence-corrected chi connectivity index (χ2v) is 5.52. The highest BCUT2D eigenvalue weighted by atomic mass is 35.5. The first-order chi connectivity index (χ1) is 9.84. The van der Waals surface area contributed by atoms with E-state index < -0.39 is 18.1 Å². The molecule has 0 aliphatic heterocycles. The summed E-state index contributed by atoms with van der Waals surface area (Å²) in [6.07, 6.45) is 0.523. The van der Waals surface area contributed by atoms with Crippen molar-refractivity contribution in [1.29, 1.82) is 0 Å². The van der Waals surface area contributed by atoms with Crippen LogP contribution in [-0.4, -0.2) is 43.5 Å². The Morgan fingerprint density at radius 3 is 2.14 bits per heavy atom. The summed E-state index contributed by atoms with van der Waals surface area (Å²) < 4.78 is 5.01. The Morgan fingerprint density at radius 2 is 1.71 bits per heavy atom. The Hall–Kier alpha value is -1.34. The van der Waals surface area contributed by atoms with Gasteiger partial charge in [0, 0.05) is 0 Å². The van der Waals surface area contributed by atoms with E-state index in [1.165, 1.54) is 0 Å². The molecule has 0 aliphatic carbocycles. The van der Waals surface area contributed by atoms with E-state index in [0.29, 0.717) is 6.41 Å². The van der Waals surface area contributed by atoms with Crippen molar-refractivity contribution in [3.05, 3.63) is 0 Å². The quantitative estimate of drug-likeness (QED) is 0.231. The first-order valence-corrected chi connectivity index (χ1v) is 7.23. The zero-order valence-corrected chi connectivity index (χ0v) is 13.6. The van der Waals surface area contributed by atoms with Crippen molar-refractivity contribution in [3.63, 3.8) is 0 Å². The van der Waals surface area contributed by atoms with Gasteiger partial charge in [0.25, 0.3) is 0 Å². The molecule has 0 saturated heterocycles. The third-order valence-corrected chi connectivity index (χ3v) is 3.09. The maximum Gasteiger partial charge on any atom is 0.328 e. The summed E-state index contributed by atoms with van der Waals surface area (Å²) in [5.74, 6) is -1.06. The third kappa shape index (κ3) is 7.29. The van der Waals surface area contributed by atoms with E-state index in [9.17, 15) is 14.4 Å². The summed E-state index contributed by atoms with van der Waals surface area (Å²) >= 11 is 5.55. The van der Waals surface area contributed by atoms with Crippen molar-refractivity contribution < 1.29 is 19.1 Å². The molecule has 0 aromatic heterocycles. The van der Waals surface area contributed by atoms with Crippen LogP contribution in [0.5, 0.6) is 0 Å². The van der Waals surface area contributed by atoms with Crippen LogP contribution < -0.4 is 15.5 Å². The molecule has 2 amide bonds. The van der Waals surface area contributed by atoms with Gasteiger partial charge in [-0.3, -0.25) is 9.59 Å². The fourth-order valence-corrected chi connectivity index (χ4v) is 1.93. The lowest BCUT2D eigenvalue weighted by Gasteiger charge is -2.24. The van der Waals surface area contributed by atoms with Crippen LogP contribution in [0.3, 0.4) is 0 Å². The van der Waals surface area contributed by atoms with Crippen molar-refractivity contribution in [2.24, 2.45) is 11.8 Å². The fraction of sp³-hybridized carbons (Fsp3) is 0.769. The largest absolute Gasteiger partial charge is 0.462 e. The summed E-state index contributed by atoms with van der Waals surface area (Å²) in [6, 6.07) is -1.36. The van der Waals surface area contributed by atoms with Gasteiger partial charge < -0.3 is 15.4 Å². The van der Waals surface area contributed by atoms with E-state index in [4.69, 9.17) is 16.5 Å². The lowest BCUT2D eigenvalue weighted by molar-refractivity contribution is -0.149. The smallest absolute Gasteiger partial charge is 0.328 e. The summed E-state index contributed by atoms with van der Waals surface area (Å²) in [6.45, 7) is 7.56. The van der Waals surface area contributed by atoms with E-state index in [0.717, 1.165) is 0 Å². The van der Waals surface area contributed by atoms with Gasteiger partial charge in [-0.1, -0.05) is 27.7 Å². The number of amides is 2. The van der Waals surface area contributed by atoms with Gasteiger partial charge in [-0.15, -0.1) is 0 Å². The van der Waals surface area contributed by atoms with Crippen molar-refractivity contribution in [1.82, 2.24) is 15.5 Å². The summed E-state index contributed by atoms with van der Waals surface area (Å²) in [5, 5.41) is 5.02. The normalized spacial score (nSPS) is 13.7. The zero-order valence-electron chi connectivity index (χ0n) is 12.8. The molecule has 2 atom stereocenters. The molecule has 0 rings (SSSR count). The van der Waals surface area contributed by atoms with Crippen molar-refractivity contribution >= 4 is 30.1 Å². The number of hydrogen-bond acceptors (Lipinski definition) is 5. The molecule has 0 unspecified atom stereocenters. The molecule has 0 aromatic rings. The van der Waals surface area contributed by atoms with Crippen LogP contribution in [0, 0.1) is 11.8 Å². The van der Waals surface area contributed by atoms with Gasteiger partial charge in [0.15, 0.2) is 0 Å². The van der Waals surface area contributed by atoms with E-state index in [2.05, 4.69) is 15.5 Å². The summed E-state index contributed by atoms with van der Waals surface area (Å²) in [4.78, 5) is 36.5. The number of carbonyl (C=O) groups is 3. The number of hydrogen-bond donors (Lipinski definition) is 3. The molecule has 21 heavy (non-hydrogen) atoms. The van der Waals surface area contributed by atoms with Crippen LogP contribution in [0.2, 0.25) is 0 Å². The predicted octanol–water partition coefficient (Wildman–Crippen LogP) is 0.184. The number of esters is 1. The minimum Gasteiger partial charge on any atom is -0.462 e. The molecule has 0 bridgehead atoms. The first kappa shape index (κ1) is 19.7. The molecule has 0 fully saturated rings.